The van der Waals surface area contributed by atoms with E-state index in [-0.39, 0.29) is 32.7 Å². The van der Waals surface area contributed by atoms with Gasteiger partial charge in [0.25, 0.3) is 5.91 Å². The van der Waals surface area contributed by atoms with Crippen LogP contribution in [0.15, 0.2) is 41.3 Å². The van der Waals surface area contributed by atoms with Crippen LogP contribution < -0.4 is 5.32 Å². The number of halogens is 1. The molecule has 0 aliphatic carbocycles. The van der Waals surface area contributed by atoms with Gasteiger partial charge in [0.2, 0.25) is 10.0 Å². The lowest BCUT2D eigenvalue weighted by atomic mass is 10.2. The van der Waals surface area contributed by atoms with Gasteiger partial charge >= 0.3 is 0 Å². The van der Waals surface area contributed by atoms with E-state index in [9.17, 15) is 23.4 Å². The average Bonchev–Trinajstić information content (AvgIpc) is 3.14. The summed E-state index contributed by atoms with van der Waals surface area (Å²) in [7, 11) is -3.69. The zero-order valence-corrected chi connectivity index (χ0v) is 15.2. The molecule has 0 aromatic heterocycles. The standard InChI is InChI=1S/C17H17ClN2O5S/c18-11-3-5-15(21)13(9-11)17(23)19-14-10-12(4-6-16(14)22)26(24,25)20-7-1-2-8-20/h3-6,9-10,21-22H,1-2,7-8H2,(H,19,23). The number of hydrogen-bond donors (Lipinski definition) is 3. The number of phenols is 2. The average molecular weight is 397 g/mol. The van der Waals surface area contributed by atoms with Crippen molar-refractivity contribution in [3.05, 3.63) is 47.0 Å². The van der Waals surface area contributed by atoms with Crippen molar-refractivity contribution in [2.75, 3.05) is 18.4 Å². The Morgan fingerprint density at radius 2 is 1.69 bits per heavy atom. The molecule has 1 aliphatic rings. The van der Waals surface area contributed by atoms with E-state index in [0.717, 1.165) is 12.8 Å². The van der Waals surface area contributed by atoms with Gasteiger partial charge in [-0.25, -0.2) is 8.42 Å². The van der Waals surface area contributed by atoms with Gasteiger partial charge in [0.15, 0.2) is 0 Å². The fourth-order valence-electron chi connectivity index (χ4n) is 2.73. The van der Waals surface area contributed by atoms with Crippen LogP contribution in [0.4, 0.5) is 5.69 Å². The van der Waals surface area contributed by atoms with E-state index < -0.39 is 15.9 Å². The highest BCUT2D eigenvalue weighted by molar-refractivity contribution is 7.89. The number of nitrogens with one attached hydrogen (secondary N) is 1. The number of nitrogens with zero attached hydrogens (tertiary/aromatic N) is 1. The first kappa shape index (κ1) is 18.5. The van der Waals surface area contributed by atoms with Crippen LogP contribution in [0.2, 0.25) is 5.02 Å². The lowest BCUT2D eigenvalue weighted by molar-refractivity contribution is 0.102. The Morgan fingerprint density at radius 1 is 1.04 bits per heavy atom. The van der Waals surface area contributed by atoms with Crippen LogP contribution in [0.1, 0.15) is 23.2 Å². The van der Waals surface area contributed by atoms with Gasteiger partial charge in [-0.15, -0.1) is 0 Å². The summed E-state index contributed by atoms with van der Waals surface area (Å²) in [6, 6.07) is 7.65. The molecule has 3 N–H and O–H groups in total. The van der Waals surface area contributed by atoms with Crippen molar-refractivity contribution in [3.8, 4) is 11.5 Å². The molecular weight excluding hydrogens is 380 g/mol. The van der Waals surface area contributed by atoms with E-state index in [2.05, 4.69) is 5.32 Å². The van der Waals surface area contributed by atoms with Crippen LogP contribution in [-0.2, 0) is 10.0 Å². The minimum absolute atomic E-state index is 0.0252. The Bertz CT molecular complexity index is 956. The highest BCUT2D eigenvalue weighted by Crippen LogP contribution is 2.30. The van der Waals surface area contributed by atoms with Gasteiger partial charge in [0, 0.05) is 18.1 Å². The summed E-state index contributed by atoms with van der Waals surface area (Å²) in [6.45, 7) is 0.891. The zero-order valence-electron chi connectivity index (χ0n) is 13.6. The third-order valence-electron chi connectivity index (χ3n) is 4.12. The van der Waals surface area contributed by atoms with Crippen molar-refractivity contribution >= 4 is 33.2 Å². The van der Waals surface area contributed by atoms with Gasteiger partial charge in [-0.2, -0.15) is 4.31 Å². The molecule has 26 heavy (non-hydrogen) atoms. The highest BCUT2D eigenvalue weighted by Gasteiger charge is 2.28. The predicted molar refractivity (Wildman–Crippen MR) is 97.2 cm³/mol. The van der Waals surface area contributed by atoms with Gasteiger partial charge in [-0.3, -0.25) is 4.79 Å². The molecular formula is C17H17ClN2O5S. The van der Waals surface area contributed by atoms with Gasteiger partial charge in [-0.1, -0.05) is 11.6 Å². The Morgan fingerprint density at radius 3 is 2.38 bits per heavy atom. The highest BCUT2D eigenvalue weighted by atomic mass is 35.5. The van der Waals surface area contributed by atoms with Crippen molar-refractivity contribution in [1.82, 2.24) is 4.31 Å². The monoisotopic (exact) mass is 396 g/mol. The third kappa shape index (κ3) is 3.62. The topological polar surface area (TPSA) is 107 Å². The smallest absolute Gasteiger partial charge is 0.259 e. The molecule has 0 atom stereocenters. The van der Waals surface area contributed by atoms with Crippen molar-refractivity contribution in [1.29, 1.82) is 0 Å². The largest absolute Gasteiger partial charge is 0.507 e. The van der Waals surface area contributed by atoms with Crippen LogP contribution in [0.3, 0.4) is 0 Å². The van der Waals surface area contributed by atoms with Gasteiger partial charge < -0.3 is 15.5 Å². The van der Waals surface area contributed by atoms with Crippen molar-refractivity contribution in [2.24, 2.45) is 0 Å². The second-order valence-corrected chi connectivity index (χ2v) is 8.28. The number of rotatable bonds is 4. The van der Waals surface area contributed by atoms with Crippen LogP contribution >= 0.6 is 11.6 Å². The van der Waals surface area contributed by atoms with Crippen LogP contribution in [-0.4, -0.2) is 41.9 Å². The van der Waals surface area contributed by atoms with E-state index in [0.29, 0.717) is 13.1 Å². The Hall–Kier alpha value is -2.29. The molecule has 0 unspecified atom stereocenters. The first-order valence-electron chi connectivity index (χ1n) is 7.92. The molecule has 0 spiro atoms. The Labute approximate surface area is 155 Å². The molecule has 1 aliphatic heterocycles. The first-order valence-corrected chi connectivity index (χ1v) is 9.74. The molecule has 7 nitrogen and oxygen atoms in total. The van der Waals surface area contributed by atoms with Gasteiger partial charge in [0.1, 0.15) is 11.5 Å². The van der Waals surface area contributed by atoms with Gasteiger partial charge in [0.05, 0.1) is 16.1 Å². The Kier molecular flexibility index (Phi) is 5.08. The number of carbonyl (C=O) groups is 1. The molecule has 1 saturated heterocycles. The molecule has 0 bridgehead atoms. The molecule has 138 valence electrons. The summed E-state index contributed by atoms with van der Waals surface area (Å²) in [6.07, 6.45) is 1.60. The molecule has 1 heterocycles. The predicted octanol–water partition coefficient (Wildman–Crippen LogP) is 2.79. The maximum atomic E-state index is 12.6. The number of benzene rings is 2. The second-order valence-electron chi connectivity index (χ2n) is 5.91. The minimum Gasteiger partial charge on any atom is -0.507 e. The fourth-order valence-corrected chi connectivity index (χ4v) is 4.45. The SMILES string of the molecule is O=C(Nc1cc(S(=O)(=O)N2CCCC2)ccc1O)c1cc(Cl)ccc1O. The molecule has 2 aromatic carbocycles. The number of phenolic OH excluding ortho intramolecular Hbond substituents is 2. The summed E-state index contributed by atoms with van der Waals surface area (Å²) in [5.74, 6) is -1.30. The molecule has 1 fully saturated rings. The van der Waals surface area contributed by atoms with Crippen LogP contribution in [0.25, 0.3) is 0 Å². The van der Waals surface area contributed by atoms with Crippen molar-refractivity contribution in [2.45, 2.75) is 17.7 Å². The zero-order chi connectivity index (χ0) is 18.9. The maximum absolute atomic E-state index is 12.6. The maximum Gasteiger partial charge on any atom is 0.259 e. The number of aromatic hydroxyl groups is 2. The molecule has 1 amide bonds. The first-order chi connectivity index (χ1) is 12.3. The lowest BCUT2D eigenvalue weighted by Gasteiger charge is -2.17. The number of anilines is 1. The number of sulfonamides is 1. The molecule has 2 aromatic rings. The molecule has 3 rings (SSSR count). The summed E-state index contributed by atoms with van der Waals surface area (Å²) in [4.78, 5) is 12.3. The van der Waals surface area contributed by atoms with E-state index in [1.165, 1.54) is 40.7 Å². The molecule has 9 heteroatoms. The van der Waals surface area contributed by atoms with E-state index in [1.807, 2.05) is 0 Å². The quantitative estimate of drug-likeness (QED) is 0.689. The van der Waals surface area contributed by atoms with E-state index in [1.54, 1.807) is 0 Å². The molecule has 0 saturated carbocycles. The molecule has 0 radical (unpaired) electrons. The van der Waals surface area contributed by atoms with E-state index in [4.69, 9.17) is 11.6 Å². The Balaban J connectivity index is 1.91. The summed E-state index contributed by atoms with van der Waals surface area (Å²) in [5.41, 5.74) is -0.167. The number of amides is 1. The second kappa shape index (κ2) is 7.14. The van der Waals surface area contributed by atoms with Crippen molar-refractivity contribution in [3.63, 3.8) is 0 Å². The summed E-state index contributed by atoms with van der Waals surface area (Å²) >= 11 is 5.83. The lowest BCUT2D eigenvalue weighted by Crippen LogP contribution is -2.28. The van der Waals surface area contributed by atoms with Crippen molar-refractivity contribution < 1.29 is 23.4 Å². The fraction of sp³-hybridized carbons (Fsp3) is 0.235. The number of carbonyl (C=O) groups excluding carboxylic acids is 1. The van der Waals surface area contributed by atoms with Gasteiger partial charge in [-0.05, 0) is 49.2 Å². The van der Waals surface area contributed by atoms with Crippen LogP contribution in [0.5, 0.6) is 11.5 Å². The van der Waals surface area contributed by atoms with E-state index >= 15 is 0 Å². The summed E-state index contributed by atoms with van der Waals surface area (Å²) in [5, 5.41) is 22.4. The summed E-state index contributed by atoms with van der Waals surface area (Å²) < 4.78 is 26.6. The normalized spacial score (nSPS) is 15.1. The number of hydrogen-bond acceptors (Lipinski definition) is 5. The van der Waals surface area contributed by atoms with Crippen LogP contribution in [0, 0.1) is 0 Å². The minimum atomic E-state index is -3.69. The third-order valence-corrected chi connectivity index (χ3v) is 6.25.